The number of carboxylic acids is 1. The van der Waals surface area contributed by atoms with Crippen LogP contribution in [0.4, 0.5) is 0 Å². The molecule has 76 valence electrons. The van der Waals surface area contributed by atoms with Gasteiger partial charge in [0.25, 0.3) is 0 Å². The average molecular weight is 186 g/mol. The minimum absolute atomic E-state index is 0.0680. The molecule has 0 bridgehead atoms. The van der Waals surface area contributed by atoms with E-state index in [4.69, 9.17) is 10.8 Å². The first kappa shape index (κ1) is 10.5. The van der Waals surface area contributed by atoms with Gasteiger partial charge in [-0.25, -0.2) is 0 Å². The SMILES string of the molecule is CC1N(C)CCCC1(N)CC(=O)O. The van der Waals surface area contributed by atoms with Gasteiger partial charge in [0.05, 0.1) is 6.42 Å². The van der Waals surface area contributed by atoms with Crippen molar-refractivity contribution in [1.29, 1.82) is 0 Å². The van der Waals surface area contributed by atoms with Gasteiger partial charge in [0.15, 0.2) is 0 Å². The van der Waals surface area contributed by atoms with Crippen LogP contribution in [0.15, 0.2) is 0 Å². The molecule has 2 atom stereocenters. The van der Waals surface area contributed by atoms with Gasteiger partial charge in [-0.2, -0.15) is 0 Å². The molecule has 1 rings (SSSR count). The molecule has 2 unspecified atom stereocenters. The molecule has 1 heterocycles. The zero-order valence-corrected chi connectivity index (χ0v) is 8.29. The lowest BCUT2D eigenvalue weighted by Crippen LogP contribution is -2.60. The molecule has 1 aliphatic heterocycles. The normalized spacial score (nSPS) is 36.1. The first-order valence-electron chi connectivity index (χ1n) is 4.66. The Bertz CT molecular complexity index is 208. The van der Waals surface area contributed by atoms with Gasteiger partial charge < -0.3 is 15.7 Å². The highest BCUT2D eigenvalue weighted by molar-refractivity contribution is 5.68. The van der Waals surface area contributed by atoms with Gasteiger partial charge in [-0.1, -0.05) is 0 Å². The number of nitrogens with two attached hydrogens (primary N) is 1. The third kappa shape index (κ3) is 2.19. The lowest BCUT2D eigenvalue weighted by Gasteiger charge is -2.44. The van der Waals surface area contributed by atoms with Crippen molar-refractivity contribution >= 4 is 5.97 Å². The summed E-state index contributed by atoms with van der Waals surface area (Å²) < 4.78 is 0. The monoisotopic (exact) mass is 186 g/mol. The summed E-state index contributed by atoms with van der Waals surface area (Å²) >= 11 is 0. The fraction of sp³-hybridized carbons (Fsp3) is 0.889. The van der Waals surface area contributed by atoms with Crippen molar-refractivity contribution in [2.24, 2.45) is 5.73 Å². The van der Waals surface area contributed by atoms with Crippen LogP contribution < -0.4 is 5.73 Å². The molecule has 0 amide bonds. The van der Waals surface area contributed by atoms with E-state index in [-0.39, 0.29) is 12.5 Å². The Morgan fingerprint density at radius 3 is 2.92 bits per heavy atom. The Hall–Kier alpha value is -0.610. The summed E-state index contributed by atoms with van der Waals surface area (Å²) in [5.74, 6) is -0.801. The fourth-order valence-electron chi connectivity index (χ4n) is 2.02. The molecule has 1 fully saturated rings. The third-order valence-electron chi connectivity index (χ3n) is 3.13. The molecule has 0 saturated carbocycles. The van der Waals surface area contributed by atoms with E-state index in [0.717, 1.165) is 19.4 Å². The van der Waals surface area contributed by atoms with Crippen LogP contribution in [-0.4, -0.2) is 41.1 Å². The minimum Gasteiger partial charge on any atom is -0.481 e. The highest BCUT2D eigenvalue weighted by Gasteiger charge is 2.38. The number of carbonyl (C=O) groups is 1. The number of hydrogen-bond acceptors (Lipinski definition) is 3. The smallest absolute Gasteiger partial charge is 0.305 e. The molecule has 0 aromatic heterocycles. The van der Waals surface area contributed by atoms with Crippen molar-refractivity contribution in [2.75, 3.05) is 13.6 Å². The molecular weight excluding hydrogens is 168 g/mol. The molecule has 4 nitrogen and oxygen atoms in total. The van der Waals surface area contributed by atoms with Crippen molar-refractivity contribution in [1.82, 2.24) is 4.90 Å². The van der Waals surface area contributed by atoms with Crippen molar-refractivity contribution in [3.63, 3.8) is 0 Å². The average Bonchev–Trinajstić information content (AvgIpc) is 1.99. The highest BCUT2D eigenvalue weighted by atomic mass is 16.4. The lowest BCUT2D eigenvalue weighted by molar-refractivity contribution is -0.139. The second-order valence-electron chi connectivity index (χ2n) is 4.06. The quantitative estimate of drug-likeness (QED) is 0.649. The predicted octanol–water partition coefficient (Wildman–Crippen LogP) is 0.273. The summed E-state index contributed by atoms with van der Waals surface area (Å²) in [5.41, 5.74) is 5.53. The molecule has 3 N–H and O–H groups in total. The minimum atomic E-state index is -0.801. The zero-order chi connectivity index (χ0) is 10.1. The summed E-state index contributed by atoms with van der Waals surface area (Å²) in [7, 11) is 1.99. The second kappa shape index (κ2) is 3.64. The number of aliphatic carboxylic acids is 1. The highest BCUT2D eigenvalue weighted by Crippen LogP contribution is 2.27. The number of carboxylic acid groups (broad SMARTS) is 1. The maximum Gasteiger partial charge on any atom is 0.305 e. The summed E-state index contributed by atoms with van der Waals surface area (Å²) in [4.78, 5) is 12.8. The van der Waals surface area contributed by atoms with Crippen LogP contribution in [0.25, 0.3) is 0 Å². The molecule has 0 spiro atoms. The third-order valence-corrected chi connectivity index (χ3v) is 3.13. The van der Waals surface area contributed by atoms with E-state index in [2.05, 4.69) is 4.90 Å². The Labute approximate surface area is 78.7 Å². The van der Waals surface area contributed by atoms with Crippen LogP contribution in [0.2, 0.25) is 0 Å². The molecule has 0 aromatic carbocycles. The van der Waals surface area contributed by atoms with Crippen molar-refractivity contribution in [2.45, 2.75) is 37.8 Å². The van der Waals surface area contributed by atoms with E-state index in [9.17, 15) is 4.79 Å². The Morgan fingerprint density at radius 2 is 2.38 bits per heavy atom. The van der Waals surface area contributed by atoms with Gasteiger partial charge in [0.1, 0.15) is 0 Å². The Kier molecular flexibility index (Phi) is 2.93. The van der Waals surface area contributed by atoms with Crippen LogP contribution in [0.5, 0.6) is 0 Å². The van der Waals surface area contributed by atoms with Crippen LogP contribution >= 0.6 is 0 Å². The van der Waals surface area contributed by atoms with Crippen molar-refractivity contribution < 1.29 is 9.90 Å². The molecule has 13 heavy (non-hydrogen) atoms. The van der Waals surface area contributed by atoms with Crippen LogP contribution in [0, 0.1) is 0 Å². The first-order valence-corrected chi connectivity index (χ1v) is 4.66. The molecule has 4 heteroatoms. The molecular formula is C9H18N2O2. The number of nitrogens with zero attached hydrogens (tertiary/aromatic N) is 1. The summed E-state index contributed by atoms with van der Waals surface area (Å²) in [6.07, 6.45) is 1.87. The molecule has 0 aliphatic carbocycles. The summed E-state index contributed by atoms with van der Waals surface area (Å²) in [6.45, 7) is 3.02. The van der Waals surface area contributed by atoms with Crippen LogP contribution in [0.1, 0.15) is 26.2 Å². The van der Waals surface area contributed by atoms with E-state index in [1.54, 1.807) is 0 Å². The van der Waals surface area contributed by atoms with Crippen LogP contribution in [-0.2, 0) is 4.79 Å². The molecule has 1 aliphatic rings. The summed E-state index contributed by atoms with van der Waals surface area (Å²) in [5, 5.41) is 8.74. The standard InChI is InChI=1S/C9H18N2O2/c1-7-9(10,6-8(12)13)4-3-5-11(7)2/h7H,3-6,10H2,1-2H3,(H,12,13). The number of rotatable bonds is 2. The second-order valence-corrected chi connectivity index (χ2v) is 4.06. The van der Waals surface area contributed by atoms with Gasteiger partial charge in [-0.3, -0.25) is 4.79 Å². The maximum atomic E-state index is 10.6. The number of likely N-dealkylation sites (N-methyl/N-ethyl adjacent to an activating group) is 1. The number of piperidine rings is 1. The van der Waals surface area contributed by atoms with Gasteiger partial charge >= 0.3 is 5.97 Å². The number of likely N-dealkylation sites (tertiary alicyclic amines) is 1. The Morgan fingerprint density at radius 1 is 1.77 bits per heavy atom. The fourth-order valence-corrected chi connectivity index (χ4v) is 2.02. The van der Waals surface area contributed by atoms with E-state index < -0.39 is 11.5 Å². The molecule has 0 aromatic rings. The van der Waals surface area contributed by atoms with E-state index >= 15 is 0 Å². The van der Waals surface area contributed by atoms with Gasteiger partial charge in [0.2, 0.25) is 0 Å². The van der Waals surface area contributed by atoms with Crippen LogP contribution in [0.3, 0.4) is 0 Å². The van der Waals surface area contributed by atoms with Gasteiger partial charge in [-0.05, 0) is 33.4 Å². The van der Waals surface area contributed by atoms with Gasteiger partial charge in [0, 0.05) is 11.6 Å². The largest absolute Gasteiger partial charge is 0.481 e. The maximum absolute atomic E-state index is 10.6. The van der Waals surface area contributed by atoms with E-state index in [0.29, 0.717) is 0 Å². The molecule has 0 radical (unpaired) electrons. The first-order chi connectivity index (χ1) is 5.96. The summed E-state index contributed by atoms with van der Waals surface area (Å²) in [6, 6.07) is 0.150. The number of hydrogen-bond donors (Lipinski definition) is 2. The topological polar surface area (TPSA) is 66.6 Å². The van der Waals surface area contributed by atoms with E-state index in [1.807, 2.05) is 14.0 Å². The van der Waals surface area contributed by atoms with Crippen molar-refractivity contribution in [3.05, 3.63) is 0 Å². The zero-order valence-electron chi connectivity index (χ0n) is 8.29. The lowest BCUT2D eigenvalue weighted by atomic mass is 9.80. The Balaban J connectivity index is 2.69. The molecule has 1 saturated heterocycles. The van der Waals surface area contributed by atoms with E-state index in [1.165, 1.54) is 0 Å². The van der Waals surface area contributed by atoms with Crippen molar-refractivity contribution in [3.8, 4) is 0 Å². The van der Waals surface area contributed by atoms with Gasteiger partial charge in [-0.15, -0.1) is 0 Å². The predicted molar refractivity (Wildman–Crippen MR) is 50.5 cm³/mol.